The number of hydrogen-bond donors (Lipinski definition) is 1. The molecule has 0 unspecified atom stereocenters. The van der Waals surface area contributed by atoms with Gasteiger partial charge in [0.15, 0.2) is 5.60 Å². The van der Waals surface area contributed by atoms with Gasteiger partial charge in [-0.3, -0.25) is 0 Å². The lowest BCUT2D eigenvalue weighted by atomic mass is 9.30. The van der Waals surface area contributed by atoms with Crippen LogP contribution in [0.3, 0.4) is 0 Å². The van der Waals surface area contributed by atoms with Crippen LogP contribution in [0.4, 0.5) is 30.7 Å². The first-order chi connectivity index (χ1) is 16.8. The summed E-state index contributed by atoms with van der Waals surface area (Å²) < 4.78 is 98.8. The maximum atomic E-state index is 16.2. The summed E-state index contributed by atoms with van der Waals surface area (Å²) in [5.41, 5.74) is -4.86. The molecule has 192 valence electrons. The minimum atomic E-state index is -4.27. The Morgan fingerprint density at radius 1 is 0.944 bits per heavy atom. The first-order valence-electron chi connectivity index (χ1n) is 11.2. The van der Waals surface area contributed by atoms with E-state index < -0.39 is 58.7 Å². The third-order valence-corrected chi connectivity index (χ3v) is 7.64. The van der Waals surface area contributed by atoms with Crippen molar-refractivity contribution in [3.8, 4) is 0 Å². The molecule has 3 aromatic rings. The first kappa shape index (κ1) is 24.7. The zero-order chi connectivity index (χ0) is 26.0. The van der Waals surface area contributed by atoms with Crippen molar-refractivity contribution in [2.45, 2.75) is 61.8 Å². The second-order valence-electron chi connectivity index (χ2n) is 9.97. The summed E-state index contributed by atoms with van der Waals surface area (Å²) in [7, 11) is 0. The molecule has 0 spiro atoms. The fraction of sp³-hybridized carbons (Fsp3) is 0.458. The molecule has 1 heterocycles. The molecule has 0 saturated heterocycles. The molecule has 6 rings (SSSR count). The highest BCUT2D eigenvalue weighted by atomic mass is 19.4. The van der Waals surface area contributed by atoms with Crippen molar-refractivity contribution >= 4 is 0 Å². The van der Waals surface area contributed by atoms with Crippen LogP contribution in [-0.2, 0) is 24.0 Å². The molecule has 12 heteroatoms. The van der Waals surface area contributed by atoms with Crippen molar-refractivity contribution in [2.75, 3.05) is 0 Å². The number of hydrogen-bond acceptors (Lipinski definition) is 4. The molecule has 0 radical (unpaired) electrons. The largest absolute Gasteiger partial charge is 0.389 e. The molecule has 3 aliphatic rings. The van der Waals surface area contributed by atoms with Crippen LogP contribution < -0.4 is 0 Å². The molecule has 5 nitrogen and oxygen atoms in total. The van der Waals surface area contributed by atoms with E-state index >= 15 is 8.78 Å². The minimum Gasteiger partial charge on any atom is -0.377 e. The fourth-order valence-electron chi connectivity index (χ4n) is 5.84. The SMILES string of the molecule is O[C@](Cn1cnnn1)(c1ccc(F)cc1F)C(F)(F)C12CC(c3ccc(CCC(F)(F)F)cc3)(C1)C2. The van der Waals surface area contributed by atoms with E-state index in [1.165, 1.54) is 0 Å². The fourth-order valence-corrected chi connectivity index (χ4v) is 5.84. The number of halogens is 7. The molecular weight excluding hydrogens is 493 g/mol. The highest BCUT2D eigenvalue weighted by Crippen LogP contribution is 2.80. The van der Waals surface area contributed by atoms with Crippen molar-refractivity contribution in [3.63, 3.8) is 0 Å². The van der Waals surface area contributed by atoms with Gasteiger partial charge in [-0.25, -0.2) is 22.2 Å². The van der Waals surface area contributed by atoms with Crippen LogP contribution in [0.25, 0.3) is 0 Å². The summed E-state index contributed by atoms with van der Waals surface area (Å²) in [6, 6.07) is 8.45. The van der Waals surface area contributed by atoms with E-state index in [1.807, 2.05) is 0 Å². The molecular formula is C24H21F7N4O. The van der Waals surface area contributed by atoms with Gasteiger partial charge in [0.1, 0.15) is 18.0 Å². The van der Waals surface area contributed by atoms with Gasteiger partial charge in [0, 0.05) is 23.5 Å². The molecule has 2 aromatic carbocycles. The molecule has 3 saturated carbocycles. The Hall–Kier alpha value is -3.02. The maximum Gasteiger partial charge on any atom is 0.389 e. The maximum absolute atomic E-state index is 16.2. The molecule has 0 amide bonds. The zero-order valence-electron chi connectivity index (χ0n) is 18.7. The Morgan fingerprint density at radius 2 is 1.61 bits per heavy atom. The third kappa shape index (κ3) is 3.77. The van der Waals surface area contributed by atoms with Gasteiger partial charge in [-0.15, -0.1) is 5.10 Å². The molecule has 3 fully saturated rings. The Balaban J connectivity index is 1.39. The van der Waals surface area contributed by atoms with Crippen molar-refractivity contribution in [1.82, 2.24) is 20.2 Å². The number of tetrazole rings is 1. The van der Waals surface area contributed by atoms with E-state index in [2.05, 4.69) is 15.5 Å². The molecule has 1 aromatic heterocycles. The van der Waals surface area contributed by atoms with E-state index in [0.29, 0.717) is 11.6 Å². The number of aromatic nitrogens is 4. The van der Waals surface area contributed by atoms with E-state index in [-0.39, 0.29) is 25.7 Å². The van der Waals surface area contributed by atoms with E-state index in [4.69, 9.17) is 0 Å². The van der Waals surface area contributed by atoms with Crippen LogP contribution in [0, 0.1) is 17.0 Å². The predicted molar refractivity (Wildman–Crippen MR) is 112 cm³/mol. The topological polar surface area (TPSA) is 63.8 Å². The quantitative estimate of drug-likeness (QED) is 0.426. The Morgan fingerprint density at radius 3 is 2.17 bits per heavy atom. The van der Waals surface area contributed by atoms with Crippen LogP contribution in [0.5, 0.6) is 0 Å². The average molecular weight is 514 g/mol. The minimum absolute atomic E-state index is 0.00434. The van der Waals surface area contributed by atoms with Crippen LogP contribution >= 0.6 is 0 Å². The summed E-state index contributed by atoms with van der Waals surface area (Å²) in [4.78, 5) is 0. The lowest BCUT2D eigenvalue weighted by Crippen LogP contribution is -2.76. The van der Waals surface area contributed by atoms with Gasteiger partial charge in [-0.2, -0.15) is 13.2 Å². The number of benzene rings is 2. The normalized spacial score (nSPS) is 25.1. The number of nitrogens with zero attached hydrogens (tertiary/aromatic N) is 4. The van der Waals surface area contributed by atoms with Crippen LogP contribution in [-0.4, -0.2) is 37.4 Å². The lowest BCUT2D eigenvalue weighted by molar-refractivity contribution is -0.347. The molecule has 1 N–H and O–H groups in total. The number of aryl methyl sites for hydroxylation is 1. The number of aliphatic hydroxyl groups is 1. The summed E-state index contributed by atoms with van der Waals surface area (Å²) in [5.74, 6) is -6.15. The van der Waals surface area contributed by atoms with E-state index in [1.54, 1.807) is 24.3 Å². The molecule has 3 aliphatic carbocycles. The molecule has 2 bridgehead atoms. The third-order valence-electron chi connectivity index (χ3n) is 7.64. The molecule has 0 aliphatic heterocycles. The van der Waals surface area contributed by atoms with Crippen LogP contribution in [0.1, 0.15) is 42.4 Å². The van der Waals surface area contributed by atoms with Gasteiger partial charge in [0.25, 0.3) is 5.92 Å². The highest BCUT2D eigenvalue weighted by molar-refractivity contribution is 5.43. The van der Waals surface area contributed by atoms with Gasteiger partial charge in [-0.05, 0) is 64.8 Å². The predicted octanol–water partition coefficient (Wildman–Crippen LogP) is 5.09. The van der Waals surface area contributed by atoms with Crippen molar-refractivity contribution in [3.05, 3.63) is 77.1 Å². The average Bonchev–Trinajstić information content (AvgIpc) is 3.23. The second-order valence-corrected chi connectivity index (χ2v) is 9.97. The second kappa shape index (κ2) is 7.99. The zero-order valence-corrected chi connectivity index (χ0v) is 18.7. The summed E-state index contributed by atoms with van der Waals surface area (Å²) >= 11 is 0. The summed E-state index contributed by atoms with van der Waals surface area (Å²) in [5, 5.41) is 21.6. The summed E-state index contributed by atoms with van der Waals surface area (Å²) in [6.45, 7) is -0.863. The van der Waals surface area contributed by atoms with Crippen LogP contribution in [0.15, 0.2) is 48.8 Å². The van der Waals surface area contributed by atoms with Crippen LogP contribution in [0.2, 0.25) is 0 Å². The van der Waals surface area contributed by atoms with Gasteiger partial charge in [-0.1, -0.05) is 24.3 Å². The lowest BCUT2D eigenvalue weighted by Gasteiger charge is -2.74. The number of alkyl halides is 5. The van der Waals surface area contributed by atoms with E-state index in [0.717, 1.165) is 28.7 Å². The van der Waals surface area contributed by atoms with Gasteiger partial charge < -0.3 is 5.11 Å². The Bertz CT molecular complexity index is 1240. The standard InChI is InChI=1S/C24H21F7N4O/c25-17-5-6-18(19(26)9-17)22(36,13-35-14-32-33-34-35)24(30,31)21-10-20(11-21,12-21)16-3-1-15(2-4-16)7-8-23(27,28)29/h1-6,9,14,36H,7-8,10-13H2/t20?,21?,22-/m1/s1. The highest BCUT2D eigenvalue weighted by Gasteiger charge is 2.82. The number of rotatable bonds is 8. The monoisotopic (exact) mass is 514 g/mol. The molecule has 1 atom stereocenters. The van der Waals surface area contributed by atoms with Crippen molar-refractivity contribution in [2.24, 2.45) is 5.41 Å². The van der Waals surface area contributed by atoms with Gasteiger partial charge >= 0.3 is 6.18 Å². The Labute approximate surface area is 200 Å². The first-order valence-corrected chi connectivity index (χ1v) is 11.2. The van der Waals surface area contributed by atoms with Crippen molar-refractivity contribution < 1.29 is 35.8 Å². The molecule has 36 heavy (non-hydrogen) atoms. The summed E-state index contributed by atoms with van der Waals surface area (Å²) in [6.07, 6.45) is -4.40. The van der Waals surface area contributed by atoms with Gasteiger partial charge in [0.05, 0.1) is 6.54 Å². The smallest absolute Gasteiger partial charge is 0.377 e. The Kier molecular flexibility index (Phi) is 5.47. The van der Waals surface area contributed by atoms with Crippen molar-refractivity contribution in [1.29, 1.82) is 0 Å². The van der Waals surface area contributed by atoms with E-state index in [9.17, 15) is 27.1 Å². The van der Waals surface area contributed by atoms with Gasteiger partial charge in [0.2, 0.25) is 0 Å².